The van der Waals surface area contributed by atoms with Crippen molar-refractivity contribution in [3.05, 3.63) is 65.7 Å². The quantitative estimate of drug-likeness (QED) is 0.679. The summed E-state index contributed by atoms with van der Waals surface area (Å²) in [7, 11) is 0. The van der Waals surface area contributed by atoms with Crippen LogP contribution >= 0.6 is 0 Å². The largest absolute Gasteiger partial charge is 0.351 e. The highest BCUT2D eigenvalue weighted by Gasteiger charge is 2.14. The van der Waals surface area contributed by atoms with Crippen LogP contribution in [0, 0.1) is 0 Å². The van der Waals surface area contributed by atoms with E-state index in [-0.39, 0.29) is 11.5 Å². The van der Waals surface area contributed by atoms with Crippen molar-refractivity contribution < 1.29 is 14.4 Å². The van der Waals surface area contributed by atoms with Gasteiger partial charge >= 0.3 is 6.03 Å². The van der Waals surface area contributed by atoms with Crippen LogP contribution in [-0.4, -0.2) is 18.2 Å². The molecule has 5 nitrogen and oxygen atoms in total. The zero-order valence-electron chi connectivity index (χ0n) is 10.5. The number of primary amides is 1. The van der Waals surface area contributed by atoms with Gasteiger partial charge in [0, 0.05) is 11.1 Å². The van der Waals surface area contributed by atoms with Gasteiger partial charge in [0.15, 0.2) is 5.78 Å². The Morgan fingerprint density at radius 2 is 1.60 bits per heavy atom. The number of ketones is 1. The minimum Gasteiger partial charge on any atom is -0.351 e. The molecule has 2 aromatic rings. The van der Waals surface area contributed by atoms with Gasteiger partial charge < -0.3 is 5.73 Å². The molecule has 0 bridgehead atoms. The zero-order chi connectivity index (χ0) is 14.5. The van der Waals surface area contributed by atoms with E-state index in [1.54, 1.807) is 36.4 Å². The van der Waals surface area contributed by atoms with Crippen molar-refractivity contribution in [1.82, 2.24) is 0 Å². The maximum atomic E-state index is 12.3. The molecule has 0 aliphatic rings. The molecule has 0 radical (unpaired) electrons. The van der Waals surface area contributed by atoms with Gasteiger partial charge in [-0.2, -0.15) is 0 Å². The van der Waals surface area contributed by atoms with Crippen LogP contribution in [0.4, 0.5) is 10.5 Å². The summed E-state index contributed by atoms with van der Waals surface area (Å²) in [6.45, 7) is 0. The molecule has 0 aliphatic heterocycles. The lowest BCUT2D eigenvalue weighted by Crippen LogP contribution is -2.34. The van der Waals surface area contributed by atoms with Crippen LogP contribution in [-0.2, 0) is 4.79 Å². The Hall–Kier alpha value is -2.95. The van der Waals surface area contributed by atoms with Gasteiger partial charge in [-0.05, 0) is 12.1 Å². The molecule has 0 aliphatic carbocycles. The van der Waals surface area contributed by atoms with E-state index in [9.17, 15) is 14.4 Å². The molecule has 2 rings (SSSR count). The van der Waals surface area contributed by atoms with Crippen molar-refractivity contribution in [3.8, 4) is 0 Å². The maximum Gasteiger partial charge on any atom is 0.325 e. The predicted octanol–water partition coefficient (Wildman–Crippen LogP) is 1.96. The molecule has 5 heteroatoms. The predicted molar refractivity (Wildman–Crippen MR) is 74.4 cm³/mol. The third kappa shape index (κ3) is 2.72. The first-order valence-electron chi connectivity index (χ1n) is 5.87. The molecule has 0 atom stereocenters. The van der Waals surface area contributed by atoms with Crippen molar-refractivity contribution in [2.45, 2.75) is 0 Å². The average molecular weight is 268 g/mol. The summed E-state index contributed by atoms with van der Waals surface area (Å²) in [5, 5.41) is 0. The Morgan fingerprint density at radius 1 is 0.950 bits per heavy atom. The second kappa shape index (κ2) is 5.79. The van der Waals surface area contributed by atoms with Crippen molar-refractivity contribution in [1.29, 1.82) is 0 Å². The zero-order valence-corrected chi connectivity index (χ0v) is 10.5. The fourth-order valence-electron chi connectivity index (χ4n) is 1.79. The van der Waals surface area contributed by atoms with Gasteiger partial charge in [-0.15, -0.1) is 0 Å². The molecule has 0 spiro atoms. The number of rotatable bonds is 4. The smallest absolute Gasteiger partial charge is 0.325 e. The number of amides is 3. The van der Waals surface area contributed by atoms with Crippen LogP contribution in [0.15, 0.2) is 54.6 Å². The molecule has 0 unspecified atom stereocenters. The summed E-state index contributed by atoms with van der Waals surface area (Å²) in [6.07, 6.45) is 0.314. The van der Waals surface area contributed by atoms with Gasteiger partial charge in [0.05, 0.1) is 5.69 Å². The fourth-order valence-corrected chi connectivity index (χ4v) is 1.79. The van der Waals surface area contributed by atoms with Gasteiger partial charge in [0.2, 0.25) is 6.41 Å². The van der Waals surface area contributed by atoms with Crippen molar-refractivity contribution in [2.75, 3.05) is 4.90 Å². The van der Waals surface area contributed by atoms with E-state index in [0.29, 0.717) is 17.5 Å². The lowest BCUT2D eigenvalue weighted by molar-refractivity contribution is -0.106. The summed E-state index contributed by atoms with van der Waals surface area (Å²) >= 11 is 0. The maximum absolute atomic E-state index is 12.3. The number of imide groups is 1. The lowest BCUT2D eigenvalue weighted by atomic mass is 10.0. The number of carbonyl (C=O) groups is 3. The Morgan fingerprint density at radius 3 is 2.20 bits per heavy atom. The Labute approximate surface area is 115 Å². The van der Waals surface area contributed by atoms with E-state index in [0.717, 1.165) is 4.90 Å². The highest BCUT2D eigenvalue weighted by Crippen LogP contribution is 2.17. The van der Waals surface area contributed by atoms with E-state index in [1.165, 1.54) is 12.1 Å². The molecule has 0 saturated carbocycles. The van der Waals surface area contributed by atoms with Gasteiger partial charge in [-0.1, -0.05) is 42.5 Å². The van der Waals surface area contributed by atoms with Crippen LogP contribution in [0.3, 0.4) is 0 Å². The first-order valence-corrected chi connectivity index (χ1v) is 5.87. The number of carbonyl (C=O) groups excluding carboxylic acids is 3. The molecule has 0 fully saturated rings. The monoisotopic (exact) mass is 268 g/mol. The van der Waals surface area contributed by atoms with Crippen molar-refractivity contribution in [3.63, 3.8) is 0 Å². The molecule has 0 heterocycles. The summed E-state index contributed by atoms with van der Waals surface area (Å²) in [6, 6.07) is 14.0. The van der Waals surface area contributed by atoms with Gasteiger partial charge in [-0.3, -0.25) is 9.59 Å². The summed E-state index contributed by atoms with van der Waals surface area (Å²) in [4.78, 5) is 34.9. The topological polar surface area (TPSA) is 80.5 Å². The Kier molecular flexibility index (Phi) is 3.91. The van der Waals surface area contributed by atoms with Crippen LogP contribution < -0.4 is 10.6 Å². The normalized spacial score (nSPS) is 9.80. The fraction of sp³-hybridized carbons (Fsp3) is 0. The highest BCUT2D eigenvalue weighted by molar-refractivity contribution is 6.11. The highest BCUT2D eigenvalue weighted by atomic mass is 16.2. The molecule has 0 aromatic heterocycles. The second-order valence-electron chi connectivity index (χ2n) is 4.06. The van der Waals surface area contributed by atoms with E-state index < -0.39 is 6.03 Å². The number of urea groups is 1. The van der Waals surface area contributed by atoms with Crippen LogP contribution in [0.2, 0.25) is 0 Å². The van der Waals surface area contributed by atoms with E-state index in [2.05, 4.69) is 0 Å². The SMILES string of the molecule is NC(=O)N(C=O)c1cccc(C(=O)c2ccccc2)c1. The molecular weight excluding hydrogens is 256 g/mol. The Bertz CT molecular complexity index is 653. The molecular formula is C15H12N2O3. The minimum atomic E-state index is -0.899. The van der Waals surface area contributed by atoms with Gasteiger partial charge in [-0.25, -0.2) is 9.69 Å². The second-order valence-corrected chi connectivity index (χ2v) is 4.06. The summed E-state index contributed by atoms with van der Waals surface area (Å²) in [5.41, 5.74) is 6.25. The van der Waals surface area contributed by atoms with E-state index in [1.807, 2.05) is 6.07 Å². The summed E-state index contributed by atoms with van der Waals surface area (Å²) in [5.74, 6) is -0.192. The minimum absolute atomic E-state index is 0.192. The average Bonchev–Trinajstić information content (AvgIpc) is 2.48. The number of benzene rings is 2. The first-order chi connectivity index (χ1) is 9.63. The van der Waals surface area contributed by atoms with Crippen LogP contribution in [0.5, 0.6) is 0 Å². The van der Waals surface area contributed by atoms with Crippen LogP contribution in [0.25, 0.3) is 0 Å². The van der Waals surface area contributed by atoms with E-state index >= 15 is 0 Å². The van der Waals surface area contributed by atoms with Gasteiger partial charge in [0.25, 0.3) is 0 Å². The molecule has 100 valence electrons. The third-order valence-corrected chi connectivity index (χ3v) is 2.77. The van der Waals surface area contributed by atoms with Crippen LogP contribution in [0.1, 0.15) is 15.9 Å². The number of hydrogen-bond donors (Lipinski definition) is 1. The molecule has 3 amide bonds. The first kappa shape index (κ1) is 13.5. The molecule has 2 N–H and O–H groups in total. The van der Waals surface area contributed by atoms with Crippen molar-refractivity contribution >= 4 is 23.9 Å². The number of nitrogens with two attached hydrogens (primary N) is 1. The third-order valence-electron chi connectivity index (χ3n) is 2.77. The number of anilines is 1. The lowest BCUT2D eigenvalue weighted by Gasteiger charge is -2.13. The standard InChI is InChI=1S/C15H12N2O3/c16-15(20)17(10-18)13-8-4-7-12(9-13)14(19)11-5-2-1-3-6-11/h1-10H,(H2,16,20). The molecule has 0 saturated heterocycles. The summed E-state index contributed by atoms with van der Waals surface area (Å²) < 4.78 is 0. The van der Waals surface area contributed by atoms with Crippen molar-refractivity contribution in [2.24, 2.45) is 5.73 Å². The number of nitrogens with zero attached hydrogens (tertiary/aromatic N) is 1. The Balaban J connectivity index is 2.37. The molecule has 2 aromatic carbocycles. The van der Waals surface area contributed by atoms with E-state index in [4.69, 9.17) is 5.73 Å². The number of hydrogen-bond acceptors (Lipinski definition) is 3. The molecule has 20 heavy (non-hydrogen) atoms. The van der Waals surface area contributed by atoms with Gasteiger partial charge in [0.1, 0.15) is 0 Å².